The number of ether oxygens (including phenoxy) is 1. The highest BCUT2D eigenvalue weighted by atomic mass is 35.5. The molecular weight excluding hydrogens is 362 g/mol. The van der Waals surface area contributed by atoms with Crippen molar-refractivity contribution in [3.05, 3.63) is 71.0 Å². The Morgan fingerprint density at radius 2 is 1.92 bits per heavy atom. The van der Waals surface area contributed by atoms with Crippen LogP contribution in [0.2, 0.25) is 5.02 Å². The Balaban J connectivity index is 1.71. The van der Waals surface area contributed by atoms with Crippen molar-refractivity contribution in [2.75, 3.05) is 5.32 Å². The molecule has 0 fully saturated rings. The topological polar surface area (TPSA) is 52.0 Å². The number of hydrogen-bond donors (Lipinski definition) is 1. The summed E-state index contributed by atoms with van der Waals surface area (Å²) in [4.78, 5) is 4.24. The number of para-hydroxylation sites is 1. The van der Waals surface area contributed by atoms with E-state index in [0.717, 1.165) is 5.56 Å². The second-order valence-electron chi connectivity index (χ2n) is 5.94. The molecule has 1 aliphatic heterocycles. The van der Waals surface area contributed by atoms with Crippen molar-refractivity contribution in [3.8, 4) is 5.75 Å². The lowest BCUT2D eigenvalue weighted by molar-refractivity contribution is -0.0506. The zero-order valence-electron chi connectivity index (χ0n) is 13.5. The van der Waals surface area contributed by atoms with Gasteiger partial charge in [-0.15, -0.1) is 0 Å². The van der Waals surface area contributed by atoms with Crippen LogP contribution >= 0.6 is 11.6 Å². The SMILES string of the molecule is FC(F)Oc1ccccc1[C@@H]1C[C@@H](c2ccc(Cl)cc2)n2ncnc2N1. The van der Waals surface area contributed by atoms with Gasteiger partial charge in [-0.1, -0.05) is 41.9 Å². The largest absolute Gasteiger partial charge is 0.434 e. The number of alkyl halides is 2. The van der Waals surface area contributed by atoms with Crippen molar-refractivity contribution < 1.29 is 13.5 Å². The Morgan fingerprint density at radius 1 is 1.15 bits per heavy atom. The Kier molecular flexibility index (Phi) is 4.46. The maximum absolute atomic E-state index is 12.8. The van der Waals surface area contributed by atoms with Gasteiger partial charge in [-0.05, 0) is 30.2 Å². The molecule has 2 aromatic carbocycles. The summed E-state index contributed by atoms with van der Waals surface area (Å²) in [6.45, 7) is -2.88. The van der Waals surface area contributed by atoms with Gasteiger partial charge >= 0.3 is 6.61 Å². The molecule has 1 N–H and O–H groups in total. The molecule has 0 saturated heterocycles. The normalized spacial score (nSPS) is 19.1. The van der Waals surface area contributed by atoms with E-state index in [1.54, 1.807) is 28.9 Å². The molecule has 1 aliphatic rings. The van der Waals surface area contributed by atoms with Crippen molar-refractivity contribution in [1.82, 2.24) is 14.8 Å². The Bertz CT molecular complexity index is 900. The summed E-state index contributed by atoms with van der Waals surface area (Å²) in [5, 5.41) is 8.20. The maximum Gasteiger partial charge on any atom is 0.387 e. The number of anilines is 1. The summed E-state index contributed by atoms with van der Waals surface area (Å²) in [7, 11) is 0. The Morgan fingerprint density at radius 3 is 2.69 bits per heavy atom. The Labute approximate surface area is 153 Å². The van der Waals surface area contributed by atoms with Crippen LogP contribution in [0.3, 0.4) is 0 Å². The predicted molar refractivity (Wildman–Crippen MR) is 93.7 cm³/mol. The van der Waals surface area contributed by atoms with Gasteiger partial charge in [-0.2, -0.15) is 18.9 Å². The van der Waals surface area contributed by atoms with Gasteiger partial charge in [0.25, 0.3) is 0 Å². The predicted octanol–water partition coefficient (Wildman–Crippen LogP) is 4.68. The summed E-state index contributed by atoms with van der Waals surface area (Å²) in [5.41, 5.74) is 1.67. The minimum absolute atomic E-state index is 0.101. The molecule has 0 bridgehead atoms. The number of rotatable bonds is 4. The van der Waals surface area contributed by atoms with Gasteiger partial charge < -0.3 is 10.1 Å². The molecule has 2 heterocycles. The monoisotopic (exact) mass is 376 g/mol. The van der Waals surface area contributed by atoms with Crippen LogP contribution in [-0.4, -0.2) is 21.4 Å². The maximum atomic E-state index is 12.8. The lowest BCUT2D eigenvalue weighted by Gasteiger charge is -2.32. The molecular formula is C18H15ClF2N4O. The molecule has 4 rings (SSSR count). The van der Waals surface area contributed by atoms with Crippen molar-refractivity contribution in [2.24, 2.45) is 0 Å². The molecule has 2 atom stereocenters. The van der Waals surface area contributed by atoms with E-state index in [2.05, 4.69) is 15.4 Å². The molecule has 0 amide bonds. The Hall–Kier alpha value is -2.67. The minimum atomic E-state index is -2.88. The van der Waals surface area contributed by atoms with Crippen molar-refractivity contribution >= 4 is 17.5 Å². The lowest BCUT2D eigenvalue weighted by Crippen LogP contribution is -2.28. The fraction of sp³-hybridized carbons (Fsp3) is 0.222. The highest BCUT2D eigenvalue weighted by Gasteiger charge is 2.31. The highest BCUT2D eigenvalue weighted by molar-refractivity contribution is 6.30. The van der Waals surface area contributed by atoms with E-state index >= 15 is 0 Å². The molecule has 0 radical (unpaired) electrons. The van der Waals surface area contributed by atoms with Crippen molar-refractivity contribution in [3.63, 3.8) is 0 Å². The van der Waals surface area contributed by atoms with Crippen molar-refractivity contribution in [2.45, 2.75) is 25.1 Å². The first-order valence-electron chi connectivity index (χ1n) is 8.07. The number of nitrogens with zero attached hydrogens (tertiary/aromatic N) is 3. The molecule has 5 nitrogen and oxygen atoms in total. The number of nitrogens with one attached hydrogen (secondary N) is 1. The van der Waals surface area contributed by atoms with Gasteiger partial charge in [0.2, 0.25) is 5.95 Å². The zero-order valence-corrected chi connectivity index (χ0v) is 14.3. The summed E-state index contributed by atoms with van der Waals surface area (Å²) in [6, 6.07) is 13.9. The van der Waals surface area contributed by atoms with Gasteiger partial charge in [0, 0.05) is 10.6 Å². The van der Waals surface area contributed by atoms with E-state index in [-0.39, 0.29) is 17.8 Å². The van der Waals surface area contributed by atoms with Crippen LogP contribution in [0.25, 0.3) is 0 Å². The summed E-state index contributed by atoms with van der Waals surface area (Å²) in [6.07, 6.45) is 2.07. The fourth-order valence-corrected chi connectivity index (χ4v) is 3.38. The lowest BCUT2D eigenvalue weighted by atomic mass is 9.93. The number of fused-ring (bicyclic) bond motifs is 1. The molecule has 8 heteroatoms. The summed E-state index contributed by atoms with van der Waals surface area (Å²) < 4.78 is 32.0. The standard InChI is InChI=1S/C18H15ClF2N4O/c19-12-7-5-11(6-8-12)15-9-14(24-18-22-10-23-25(15)18)13-3-1-2-4-16(13)26-17(20)21/h1-8,10,14-15,17H,9H2,(H,22,23,24)/t14-,15-/m0/s1. The van der Waals surface area contributed by atoms with Gasteiger partial charge in [-0.3, -0.25) is 0 Å². The first kappa shape index (κ1) is 16.8. The fourth-order valence-electron chi connectivity index (χ4n) is 3.26. The molecule has 0 saturated carbocycles. The average Bonchev–Trinajstić information content (AvgIpc) is 3.10. The third kappa shape index (κ3) is 3.22. The average molecular weight is 377 g/mol. The van der Waals surface area contributed by atoms with Crippen LogP contribution in [0, 0.1) is 0 Å². The molecule has 3 aromatic rings. The molecule has 1 aromatic heterocycles. The minimum Gasteiger partial charge on any atom is -0.434 e. The van der Waals surface area contributed by atoms with E-state index in [1.165, 1.54) is 6.33 Å². The van der Waals surface area contributed by atoms with Crippen LogP contribution in [0.1, 0.15) is 29.6 Å². The number of halogens is 3. The zero-order chi connectivity index (χ0) is 18.1. The van der Waals surface area contributed by atoms with E-state index in [9.17, 15) is 8.78 Å². The number of benzene rings is 2. The van der Waals surface area contributed by atoms with Crippen LogP contribution in [-0.2, 0) is 0 Å². The molecule has 134 valence electrons. The first-order chi connectivity index (χ1) is 12.6. The number of aromatic nitrogens is 3. The van der Waals surface area contributed by atoms with E-state index in [0.29, 0.717) is 23.0 Å². The van der Waals surface area contributed by atoms with E-state index in [4.69, 9.17) is 16.3 Å². The van der Waals surface area contributed by atoms with Gasteiger partial charge in [0.15, 0.2) is 0 Å². The first-order valence-corrected chi connectivity index (χ1v) is 8.45. The molecule has 0 aliphatic carbocycles. The van der Waals surface area contributed by atoms with Gasteiger partial charge in [0.05, 0.1) is 12.1 Å². The second kappa shape index (κ2) is 6.92. The van der Waals surface area contributed by atoms with E-state index in [1.807, 2.05) is 24.3 Å². The summed E-state index contributed by atoms with van der Waals surface area (Å²) >= 11 is 5.99. The molecule has 0 spiro atoms. The van der Waals surface area contributed by atoms with E-state index < -0.39 is 6.61 Å². The highest BCUT2D eigenvalue weighted by Crippen LogP contribution is 2.40. The molecule has 26 heavy (non-hydrogen) atoms. The third-order valence-corrected chi connectivity index (χ3v) is 4.65. The number of hydrogen-bond acceptors (Lipinski definition) is 4. The van der Waals surface area contributed by atoms with Crippen LogP contribution < -0.4 is 10.1 Å². The van der Waals surface area contributed by atoms with Crippen molar-refractivity contribution in [1.29, 1.82) is 0 Å². The van der Waals surface area contributed by atoms with Gasteiger partial charge in [0.1, 0.15) is 12.1 Å². The van der Waals surface area contributed by atoms with Crippen LogP contribution in [0.4, 0.5) is 14.7 Å². The third-order valence-electron chi connectivity index (χ3n) is 4.40. The smallest absolute Gasteiger partial charge is 0.387 e. The van der Waals surface area contributed by atoms with Gasteiger partial charge in [-0.25, -0.2) is 4.68 Å². The van der Waals surface area contributed by atoms with Crippen LogP contribution in [0.5, 0.6) is 5.75 Å². The quantitative estimate of drug-likeness (QED) is 0.718. The molecule has 0 unspecified atom stereocenters. The van der Waals surface area contributed by atoms with Crippen LogP contribution in [0.15, 0.2) is 54.9 Å². The second-order valence-corrected chi connectivity index (χ2v) is 6.38. The summed E-state index contributed by atoms with van der Waals surface area (Å²) in [5.74, 6) is 0.732.